The van der Waals surface area contributed by atoms with E-state index >= 15 is 0 Å². The molecule has 1 heterocycles. The van der Waals surface area contributed by atoms with Gasteiger partial charge in [-0.3, -0.25) is 9.59 Å². The molecule has 0 spiro atoms. The SMILES string of the molecule is CC(=O)Nc1cc(NC(=O)c2ccoc2C)ccc1Cl. The summed E-state index contributed by atoms with van der Waals surface area (Å²) in [5.74, 6) is 0.0203. The average molecular weight is 293 g/mol. The van der Waals surface area contributed by atoms with Crippen LogP contribution in [0.15, 0.2) is 34.9 Å². The van der Waals surface area contributed by atoms with Crippen molar-refractivity contribution in [3.63, 3.8) is 0 Å². The summed E-state index contributed by atoms with van der Waals surface area (Å²) < 4.78 is 5.08. The van der Waals surface area contributed by atoms with Gasteiger partial charge in [0.05, 0.1) is 22.5 Å². The lowest BCUT2D eigenvalue weighted by Gasteiger charge is -2.09. The van der Waals surface area contributed by atoms with Gasteiger partial charge in [-0.1, -0.05) is 11.6 Å². The van der Waals surface area contributed by atoms with E-state index in [0.717, 1.165) is 0 Å². The molecular formula is C14H13ClN2O3. The summed E-state index contributed by atoms with van der Waals surface area (Å²) in [5.41, 5.74) is 1.44. The number of halogens is 1. The highest BCUT2D eigenvalue weighted by Gasteiger charge is 2.12. The molecule has 1 aromatic heterocycles. The summed E-state index contributed by atoms with van der Waals surface area (Å²) in [6.45, 7) is 3.09. The van der Waals surface area contributed by atoms with Crippen molar-refractivity contribution in [1.29, 1.82) is 0 Å². The van der Waals surface area contributed by atoms with Crippen LogP contribution in [-0.4, -0.2) is 11.8 Å². The molecule has 0 aliphatic rings. The maximum atomic E-state index is 12.0. The van der Waals surface area contributed by atoms with Gasteiger partial charge < -0.3 is 15.1 Å². The van der Waals surface area contributed by atoms with E-state index in [4.69, 9.17) is 16.0 Å². The zero-order valence-corrected chi connectivity index (χ0v) is 11.7. The second kappa shape index (κ2) is 5.79. The number of benzene rings is 1. The average Bonchev–Trinajstić information content (AvgIpc) is 2.79. The summed E-state index contributed by atoms with van der Waals surface area (Å²) >= 11 is 5.96. The third kappa shape index (κ3) is 3.19. The molecule has 1 aromatic carbocycles. The zero-order valence-electron chi connectivity index (χ0n) is 11.0. The third-order valence-electron chi connectivity index (χ3n) is 2.64. The fourth-order valence-electron chi connectivity index (χ4n) is 1.71. The molecule has 2 aromatic rings. The van der Waals surface area contributed by atoms with E-state index in [0.29, 0.717) is 27.7 Å². The van der Waals surface area contributed by atoms with Crippen LogP contribution < -0.4 is 10.6 Å². The molecule has 0 atom stereocenters. The highest BCUT2D eigenvalue weighted by Crippen LogP contribution is 2.26. The second-order valence-corrected chi connectivity index (χ2v) is 4.63. The first-order valence-electron chi connectivity index (χ1n) is 5.90. The number of hydrogen-bond acceptors (Lipinski definition) is 3. The van der Waals surface area contributed by atoms with Gasteiger partial charge in [-0.05, 0) is 31.2 Å². The van der Waals surface area contributed by atoms with Gasteiger partial charge >= 0.3 is 0 Å². The number of hydrogen-bond donors (Lipinski definition) is 2. The van der Waals surface area contributed by atoms with Crippen LogP contribution in [0.1, 0.15) is 23.0 Å². The largest absolute Gasteiger partial charge is 0.469 e. The number of amides is 2. The van der Waals surface area contributed by atoms with E-state index < -0.39 is 0 Å². The summed E-state index contributed by atoms with van der Waals surface area (Å²) in [6, 6.07) is 6.44. The van der Waals surface area contributed by atoms with Gasteiger partial charge in [-0.2, -0.15) is 0 Å². The number of anilines is 2. The van der Waals surface area contributed by atoms with Crippen molar-refractivity contribution in [3.8, 4) is 0 Å². The van der Waals surface area contributed by atoms with Crippen molar-refractivity contribution in [2.45, 2.75) is 13.8 Å². The molecule has 5 nitrogen and oxygen atoms in total. The molecule has 0 aliphatic carbocycles. The number of furan rings is 1. The van der Waals surface area contributed by atoms with E-state index in [2.05, 4.69) is 10.6 Å². The summed E-state index contributed by atoms with van der Waals surface area (Å²) in [4.78, 5) is 23.1. The monoisotopic (exact) mass is 292 g/mol. The van der Waals surface area contributed by atoms with Crippen molar-refractivity contribution in [1.82, 2.24) is 0 Å². The van der Waals surface area contributed by atoms with Crippen molar-refractivity contribution in [2.75, 3.05) is 10.6 Å². The molecular weight excluding hydrogens is 280 g/mol. The first-order valence-corrected chi connectivity index (χ1v) is 6.28. The molecule has 0 aliphatic heterocycles. The molecule has 0 saturated heterocycles. The fraction of sp³-hybridized carbons (Fsp3) is 0.143. The topological polar surface area (TPSA) is 71.3 Å². The molecule has 20 heavy (non-hydrogen) atoms. The second-order valence-electron chi connectivity index (χ2n) is 4.22. The molecule has 6 heteroatoms. The molecule has 0 radical (unpaired) electrons. The molecule has 2 rings (SSSR count). The zero-order chi connectivity index (χ0) is 14.7. The summed E-state index contributed by atoms with van der Waals surface area (Å²) in [6.07, 6.45) is 1.45. The maximum Gasteiger partial charge on any atom is 0.259 e. The Balaban J connectivity index is 2.20. The van der Waals surface area contributed by atoms with Gasteiger partial charge in [0.1, 0.15) is 5.76 Å². The first-order chi connectivity index (χ1) is 9.47. The van der Waals surface area contributed by atoms with Crippen LogP contribution in [0.2, 0.25) is 5.02 Å². The Morgan fingerprint density at radius 1 is 1.20 bits per heavy atom. The Bertz CT molecular complexity index is 664. The Morgan fingerprint density at radius 2 is 1.95 bits per heavy atom. The molecule has 2 N–H and O–H groups in total. The number of carbonyl (C=O) groups excluding carboxylic acids is 2. The van der Waals surface area contributed by atoms with Crippen LogP contribution >= 0.6 is 11.6 Å². The van der Waals surface area contributed by atoms with Crippen molar-refractivity contribution < 1.29 is 14.0 Å². The van der Waals surface area contributed by atoms with Crippen LogP contribution in [0.5, 0.6) is 0 Å². The first kappa shape index (κ1) is 14.1. The number of carbonyl (C=O) groups is 2. The minimum absolute atomic E-state index is 0.235. The standard InChI is InChI=1S/C14H13ClN2O3/c1-8-11(5-6-20-8)14(19)17-10-3-4-12(15)13(7-10)16-9(2)18/h3-7H,1-2H3,(H,16,18)(H,17,19). The number of aryl methyl sites for hydroxylation is 1. The van der Waals surface area contributed by atoms with Crippen molar-refractivity contribution >= 4 is 34.8 Å². The Morgan fingerprint density at radius 3 is 2.55 bits per heavy atom. The van der Waals surface area contributed by atoms with E-state index in [-0.39, 0.29) is 11.8 Å². The predicted molar refractivity (Wildman–Crippen MR) is 77.2 cm³/mol. The minimum Gasteiger partial charge on any atom is -0.469 e. The Hall–Kier alpha value is -2.27. The van der Waals surface area contributed by atoms with E-state index in [1.54, 1.807) is 31.2 Å². The number of nitrogens with one attached hydrogen (secondary N) is 2. The van der Waals surface area contributed by atoms with E-state index in [9.17, 15) is 9.59 Å². The van der Waals surface area contributed by atoms with Crippen LogP contribution in [0.4, 0.5) is 11.4 Å². The lowest BCUT2D eigenvalue weighted by molar-refractivity contribution is -0.114. The Labute approximate surface area is 120 Å². The van der Waals surface area contributed by atoms with E-state index in [1.807, 2.05) is 0 Å². The maximum absolute atomic E-state index is 12.0. The third-order valence-corrected chi connectivity index (χ3v) is 2.97. The van der Waals surface area contributed by atoms with Crippen LogP contribution in [0.3, 0.4) is 0 Å². The number of rotatable bonds is 3. The fourth-order valence-corrected chi connectivity index (χ4v) is 1.87. The predicted octanol–water partition coefficient (Wildman–Crippen LogP) is 3.45. The van der Waals surface area contributed by atoms with Crippen molar-refractivity contribution in [3.05, 3.63) is 46.9 Å². The van der Waals surface area contributed by atoms with Gasteiger partial charge in [0.25, 0.3) is 5.91 Å². The minimum atomic E-state index is -0.285. The quantitative estimate of drug-likeness (QED) is 0.910. The highest BCUT2D eigenvalue weighted by atomic mass is 35.5. The lowest BCUT2D eigenvalue weighted by Crippen LogP contribution is -2.13. The van der Waals surface area contributed by atoms with Crippen LogP contribution in [0.25, 0.3) is 0 Å². The summed E-state index contributed by atoms with van der Waals surface area (Å²) in [5, 5.41) is 5.71. The molecule has 104 valence electrons. The van der Waals surface area contributed by atoms with Gasteiger partial charge in [-0.25, -0.2) is 0 Å². The Kier molecular flexibility index (Phi) is 4.10. The van der Waals surface area contributed by atoms with Crippen LogP contribution in [0, 0.1) is 6.92 Å². The van der Waals surface area contributed by atoms with Gasteiger partial charge in [0.15, 0.2) is 0 Å². The van der Waals surface area contributed by atoms with Gasteiger partial charge in [0, 0.05) is 12.6 Å². The molecule has 0 bridgehead atoms. The normalized spacial score (nSPS) is 10.2. The molecule has 0 saturated carbocycles. The van der Waals surface area contributed by atoms with Gasteiger partial charge in [0.2, 0.25) is 5.91 Å². The summed E-state index contributed by atoms with van der Waals surface area (Å²) in [7, 11) is 0. The molecule has 0 fully saturated rings. The van der Waals surface area contributed by atoms with Crippen molar-refractivity contribution in [2.24, 2.45) is 0 Å². The lowest BCUT2D eigenvalue weighted by atomic mass is 10.2. The van der Waals surface area contributed by atoms with Gasteiger partial charge in [-0.15, -0.1) is 0 Å². The smallest absolute Gasteiger partial charge is 0.259 e. The molecule has 0 unspecified atom stereocenters. The molecule has 2 amide bonds. The van der Waals surface area contributed by atoms with E-state index in [1.165, 1.54) is 13.2 Å². The van der Waals surface area contributed by atoms with Crippen LogP contribution in [-0.2, 0) is 4.79 Å². The highest BCUT2D eigenvalue weighted by molar-refractivity contribution is 6.33.